The first-order valence-electron chi connectivity index (χ1n) is 10.2. The largest absolute Gasteiger partial charge is 0.454 e. The lowest BCUT2D eigenvalue weighted by Crippen LogP contribution is -2.32. The molecular formula is C22H26ClN3O6S. The van der Waals surface area contributed by atoms with Crippen LogP contribution >= 0.6 is 11.6 Å². The Morgan fingerprint density at radius 2 is 1.67 bits per heavy atom. The average Bonchev–Trinajstić information content (AvgIpc) is 2.79. The Bertz CT molecular complexity index is 1120. The number of ether oxygens (including phenoxy) is 1. The lowest BCUT2D eigenvalue weighted by atomic mass is 10.2. The second-order valence-electron chi connectivity index (χ2n) is 6.92. The first-order valence-corrected chi connectivity index (χ1v) is 12.0. The van der Waals surface area contributed by atoms with Crippen LogP contribution < -0.4 is 10.6 Å². The standard InChI is InChI=1S/C22H26ClN3O6S/c1-4-26(5-2)33(30,31)17-11-9-16(10-12-17)22(29)24-13-21(28)32-14-20(27)25-19-8-6-7-18(23)15(19)3/h6-12H,4-5,13-14H2,1-3H3,(H,24,29)(H,25,27). The quantitative estimate of drug-likeness (QED) is 0.488. The highest BCUT2D eigenvalue weighted by Gasteiger charge is 2.21. The first kappa shape index (κ1) is 26.3. The van der Waals surface area contributed by atoms with Gasteiger partial charge in [-0.3, -0.25) is 14.4 Å². The van der Waals surface area contributed by atoms with E-state index in [1.165, 1.54) is 28.6 Å². The van der Waals surface area contributed by atoms with E-state index in [2.05, 4.69) is 10.6 Å². The maximum Gasteiger partial charge on any atom is 0.325 e. The number of carbonyl (C=O) groups excluding carboxylic acids is 3. The van der Waals surface area contributed by atoms with Crippen LogP contribution in [-0.2, 0) is 24.3 Å². The van der Waals surface area contributed by atoms with E-state index >= 15 is 0 Å². The third-order valence-corrected chi connectivity index (χ3v) is 7.23. The summed E-state index contributed by atoms with van der Waals surface area (Å²) in [4.78, 5) is 36.1. The number of hydrogen-bond donors (Lipinski definition) is 2. The molecule has 9 nitrogen and oxygen atoms in total. The van der Waals surface area contributed by atoms with Crippen molar-refractivity contribution < 1.29 is 27.5 Å². The number of nitrogens with zero attached hydrogens (tertiary/aromatic N) is 1. The van der Waals surface area contributed by atoms with Gasteiger partial charge < -0.3 is 15.4 Å². The number of esters is 1. The Hall–Kier alpha value is -2.95. The van der Waals surface area contributed by atoms with E-state index in [4.69, 9.17) is 16.3 Å². The smallest absolute Gasteiger partial charge is 0.325 e. The van der Waals surface area contributed by atoms with Crippen LogP contribution in [0.25, 0.3) is 0 Å². The number of amides is 2. The van der Waals surface area contributed by atoms with Crippen LogP contribution in [0.3, 0.4) is 0 Å². The van der Waals surface area contributed by atoms with Gasteiger partial charge in [-0.25, -0.2) is 8.42 Å². The van der Waals surface area contributed by atoms with E-state index in [0.717, 1.165) is 0 Å². The molecule has 178 valence electrons. The zero-order chi connectivity index (χ0) is 24.6. The van der Waals surface area contributed by atoms with Gasteiger partial charge >= 0.3 is 5.97 Å². The molecule has 2 N–H and O–H groups in total. The van der Waals surface area contributed by atoms with E-state index in [1.54, 1.807) is 39.0 Å². The van der Waals surface area contributed by atoms with E-state index in [-0.39, 0.29) is 10.5 Å². The van der Waals surface area contributed by atoms with E-state index in [0.29, 0.717) is 29.4 Å². The summed E-state index contributed by atoms with van der Waals surface area (Å²) >= 11 is 6.00. The van der Waals surface area contributed by atoms with Crippen molar-refractivity contribution in [3.05, 3.63) is 58.6 Å². The normalized spacial score (nSPS) is 11.2. The van der Waals surface area contributed by atoms with E-state index < -0.39 is 41.0 Å². The maximum absolute atomic E-state index is 12.5. The number of nitrogens with one attached hydrogen (secondary N) is 2. The molecule has 0 aliphatic heterocycles. The van der Waals surface area contributed by atoms with Crippen molar-refractivity contribution >= 4 is 45.1 Å². The Morgan fingerprint density at radius 3 is 2.27 bits per heavy atom. The average molecular weight is 496 g/mol. The molecule has 2 rings (SSSR count). The van der Waals surface area contributed by atoms with Crippen molar-refractivity contribution in [3.8, 4) is 0 Å². The summed E-state index contributed by atoms with van der Waals surface area (Å²) in [5.74, 6) is -1.94. The molecule has 0 radical (unpaired) electrons. The summed E-state index contributed by atoms with van der Waals surface area (Å²) in [6.45, 7) is 4.90. The van der Waals surface area contributed by atoms with Gasteiger partial charge in [0.2, 0.25) is 10.0 Å². The zero-order valence-corrected chi connectivity index (χ0v) is 20.1. The molecule has 33 heavy (non-hydrogen) atoms. The van der Waals surface area contributed by atoms with Crippen molar-refractivity contribution in [2.75, 3.05) is 31.6 Å². The molecule has 0 aliphatic rings. The molecule has 0 saturated heterocycles. The van der Waals surface area contributed by atoms with Crippen molar-refractivity contribution in [1.29, 1.82) is 0 Å². The predicted octanol–water partition coefficient (Wildman–Crippen LogP) is 2.59. The van der Waals surface area contributed by atoms with Crippen LogP contribution in [0, 0.1) is 6.92 Å². The number of carbonyl (C=O) groups is 3. The first-order chi connectivity index (χ1) is 15.6. The van der Waals surface area contributed by atoms with Gasteiger partial charge in [0.05, 0.1) is 4.90 Å². The predicted molar refractivity (Wildman–Crippen MR) is 125 cm³/mol. The number of rotatable bonds is 10. The summed E-state index contributed by atoms with van der Waals surface area (Å²) in [7, 11) is -3.63. The van der Waals surface area contributed by atoms with Crippen molar-refractivity contribution in [1.82, 2.24) is 9.62 Å². The number of benzene rings is 2. The minimum Gasteiger partial charge on any atom is -0.454 e. The molecule has 0 atom stereocenters. The molecule has 0 aromatic heterocycles. The molecule has 0 heterocycles. The van der Waals surface area contributed by atoms with Crippen LogP contribution in [0.1, 0.15) is 29.8 Å². The summed E-state index contributed by atoms with van der Waals surface area (Å²) < 4.78 is 31.2. The highest BCUT2D eigenvalue weighted by molar-refractivity contribution is 7.89. The molecule has 2 aromatic carbocycles. The zero-order valence-electron chi connectivity index (χ0n) is 18.6. The summed E-state index contributed by atoms with van der Waals surface area (Å²) in [6, 6.07) is 10.4. The van der Waals surface area contributed by atoms with Gasteiger partial charge in [-0.2, -0.15) is 4.31 Å². The molecule has 0 fully saturated rings. The van der Waals surface area contributed by atoms with Crippen LogP contribution in [0.4, 0.5) is 5.69 Å². The topological polar surface area (TPSA) is 122 Å². The lowest BCUT2D eigenvalue weighted by Gasteiger charge is -2.18. The fourth-order valence-corrected chi connectivity index (χ4v) is 4.50. The summed E-state index contributed by atoms with van der Waals surface area (Å²) in [5.41, 5.74) is 1.36. The Balaban J connectivity index is 1.84. The van der Waals surface area contributed by atoms with Crippen molar-refractivity contribution in [2.24, 2.45) is 0 Å². The van der Waals surface area contributed by atoms with Crippen LogP contribution in [-0.4, -0.2) is 56.7 Å². The molecule has 2 aromatic rings. The molecule has 0 unspecified atom stereocenters. The second-order valence-corrected chi connectivity index (χ2v) is 9.26. The Kier molecular flexibility index (Phi) is 9.39. The number of hydrogen-bond acceptors (Lipinski definition) is 6. The van der Waals surface area contributed by atoms with Gasteiger partial charge in [0.15, 0.2) is 6.61 Å². The van der Waals surface area contributed by atoms with Crippen molar-refractivity contribution in [2.45, 2.75) is 25.7 Å². The highest BCUT2D eigenvalue weighted by atomic mass is 35.5. The molecule has 0 bridgehead atoms. The van der Waals surface area contributed by atoms with E-state index in [1.807, 2.05) is 0 Å². The third-order valence-electron chi connectivity index (χ3n) is 4.76. The van der Waals surface area contributed by atoms with Gasteiger partial charge in [-0.15, -0.1) is 0 Å². The monoisotopic (exact) mass is 495 g/mol. The fraction of sp³-hybridized carbons (Fsp3) is 0.318. The minimum atomic E-state index is -3.63. The van der Waals surface area contributed by atoms with Gasteiger partial charge in [0.1, 0.15) is 6.54 Å². The second kappa shape index (κ2) is 11.8. The van der Waals surface area contributed by atoms with Crippen LogP contribution in [0.2, 0.25) is 5.02 Å². The third kappa shape index (κ3) is 7.01. The maximum atomic E-state index is 12.5. The lowest BCUT2D eigenvalue weighted by molar-refractivity contribution is -0.146. The van der Waals surface area contributed by atoms with Gasteiger partial charge in [-0.05, 0) is 48.9 Å². The number of sulfonamides is 1. The molecule has 2 amide bonds. The summed E-state index contributed by atoms with van der Waals surface area (Å²) in [6.07, 6.45) is 0. The van der Waals surface area contributed by atoms with Crippen LogP contribution in [0.5, 0.6) is 0 Å². The molecule has 0 saturated carbocycles. The molecule has 11 heteroatoms. The Labute approximate surface area is 198 Å². The number of halogens is 1. The van der Waals surface area contributed by atoms with Crippen molar-refractivity contribution in [3.63, 3.8) is 0 Å². The van der Waals surface area contributed by atoms with Gasteiger partial charge in [0.25, 0.3) is 11.8 Å². The molecular weight excluding hydrogens is 470 g/mol. The number of anilines is 1. The summed E-state index contributed by atoms with van der Waals surface area (Å²) in [5, 5.41) is 5.45. The van der Waals surface area contributed by atoms with Crippen LogP contribution in [0.15, 0.2) is 47.4 Å². The Morgan fingerprint density at radius 1 is 1.03 bits per heavy atom. The fourth-order valence-electron chi connectivity index (χ4n) is 2.87. The van der Waals surface area contributed by atoms with E-state index in [9.17, 15) is 22.8 Å². The highest BCUT2D eigenvalue weighted by Crippen LogP contribution is 2.22. The minimum absolute atomic E-state index is 0.0723. The SMILES string of the molecule is CCN(CC)S(=O)(=O)c1ccc(C(=O)NCC(=O)OCC(=O)Nc2cccc(Cl)c2C)cc1. The molecule has 0 aliphatic carbocycles. The van der Waals surface area contributed by atoms with Gasteiger partial charge in [0, 0.05) is 29.4 Å². The van der Waals surface area contributed by atoms with Gasteiger partial charge in [-0.1, -0.05) is 31.5 Å². The molecule has 0 spiro atoms.